The predicted molar refractivity (Wildman–Crippen MR) is 72.8 cm³/mol. The number of fused-ring (bicyclic) bond motifs is 1. The summed E-state index contributed by atoms with van der Waals surface area (Å²) in [7, 11) is 0. The van der Waals surface area contributed by atoms with Gasteiger partial charge in [0.05, 0.1) is 5.54 Å². The first-order valence-corrected chi connectivity index (χ1v) is 6.23. The lowest BCUT2D eigenvalue weighted by Crippen LogP contribution is -2.67. The van der Waals surface area contributed by atoms with Crippen LogP contribution in [0.5, 0.6) is 5.75 Å². The van der Waals surface area contributed by atoms with Gasteiger partial charge in [0.15, 0.2) is 0 Å². The third kappa shape index (κ3) is 1.69. The largest absolute Gasteiger partial charge is 0.508 e. The number of benzene rings is 1. The van der Waals surface area contributed by atoms with Gasteiger partial charge in [-0.2, -0.15) is 0 Å². The Labute approximate surface area is 106 Å². The number of anilines is 1. The van der Waals surface area contributed by atoms with Crippen molar-refractivity contribution in [2.75, 3.05) is 18.0 Å². The second kappa shape index (κ2) is 3.85. The van der Waals surface area contributed by atoms with Gasteiger partial charge in [-0.3, -0.25) is 0 Å². The third-order valence-corrected chi connectivity index (χ3v) is 3.74. The van der Waals surface area contributed by atoms with Crippen LogP contribution in [0.25, 0.3) is 10.8 Å². The fraction of sp³-hybridized carbons (Fsp3) is 0.357. The number of phenols is 1. The number of hydrogen-bond acceptors (Lipinski definition) is 4. The molecule has 0 bridgehead atoms. The van der Waals surface area contributed by atoms with Crippen molar-refractivity contribution >= 4 is 16.6 Å². The first-order chi connectivity index (χ1) is 8.61. The Hall–Kier alpha value is -1.81. The highest BCUT2D eigenvalue weighted by Crippen LogP contribution is 2.33. The number of aromatic hydroxyl groups is 1. The normalized spacial score (nSPS) is 17.8. The van der Waals surface area contributed by atoms with E-state index in [4.69, 9.17) is 5.73 Å². The molecule has 1 aliphatic rings. The number of aromatic nitrogens is 1. The Morgan fingerprint density at radius 2 is 2.17 bits per heavy atom. The molecule has 3 N–H and O–H groups in total. The molecule has 18 heavy (non-hydrogen) atoms. The number of pyridine rings is 1. The molecule has 2 heterocycles. The standard InChI is InChI=1S/C14H17N3O/c1-2-14(15)8-17(9-14)13-12-7-11(18)4-3-10(12)5-6-16-13/h3-7,18H,2,8-9,15H2,1H3. The van der Waals surface area contributed by atoms with Crippen LogP contribution in [0.2, 0.25) is 0 Å². The molecule has 0 spiro atoms. The number of rotatable bonds is 2. The molecular formula is C14H17N3O. The van der Waals surface area contributed by atoms with Gasteiger partial charge < -0.3 is 15.7 Å². The molecule has 1 fully saturated rings. The van der Waals surface area contributed by atoms with Crippen molar-refractivity contribution in [1.82, 2.24) is 4.98 Å². The summed E-state index contributed by atoms with van der Waals surface area (Å²) in [6, 6.07) is 7.32. The number of nitrogens with two attached hydrogens (primary N) is 1. The third-order valence-electron chi connectivity index (χ3n) is 3.74. The van der Waals surface area contributed by atoms with Gasteiger partial charge in [-0.05, 0) is 30.0 Å². The van der Waals surface area contributed by atoms with Gasteiger partial charge in [-0.25, -0.2) is 4.98 Å². The number of phenolic OH excluding ortho intramolecular Hbond substituents is 1. The van der Waals surface area contributed by atoms with E-state index < -0.39 is 0 Å². The summed E-state index contributed by atoms with van der Waals surface area (Å²) in [6.07, 6.45) is 2.77. The zero-order valence-electron chi connectivity index (χ0n) is 10.4. The Morgan fingerprint density at radius 1 is 1.39 bits per heavy atom. The lowest BCUT2D eigenvalue weighted by atomic mass is 9.88. The van der Waals surface area contributed by atoms with E-state index in [1.54, 1.807) is 18.3 Å². The number of nitrogens with zero attached hydrogens (tertiary/aromatic N) is 2. The molecule has 4 heteroatoms. The molecule has 4 nitrogen and oxygen atoms in total. The second-order valence-corrected chi connectivity index (χ2v) is 5.11. The van der Waals surface area contributed by atoms with Gasteiger partial charge in [0, 0.05) is 24.7 Å². The van der Waals surface area contributed by atoms with Crippen LogP contribution in [-0.2, 0) is 0 Å². The minimum Gasteiger partial charge on any atom is -0.508 e. The van der Waals surface area contributed by atoms with E-state index in [-0.39, 0.29) is 11.3 Å². The maximum absolute atomic E-state index is 9.61. The summed E-state index contributed by atoms with van der Waals surface area (Å²) in [5, 5.41) is 11.7. The summed E-state index contributed by atoms with van der Waals surface area (Å²) in [5.41, 5.74) is 6.10. The lowest BCUT2D eigenvalue weighted by Gasteiger charge is -2.48. The highest BCUT2D eigenvalue weighted by atomic mass is 16.3. The van der Waals surface area contributed by atoms with Crippen LogP contribution in [0.1, 0.15) is 13.3 Å². The second-order valence-electron chi connectivity index (χ2n) is 5.11. The van der Waals surface area contributed by atoms with Crippen LogP contribution in [-0.4, -0.2) is 28.7 Å². The maximum Gasteiger partial charge on any atom is 0.136 e. The van der Waals surface area contributed by atoms with Crippen molar-refractivity contribution in [2.24, 2.45) is 5.73 Å². The molecule has 0 atom stereocenters. The smallest absolute Gasteiger partial charge is 0.136 e. The van der Waals surface area contributed by atoms with Gasteiger partial charge in [0.25, 0.3) is 0 Å². The zero-order valence-corrected chi connectivity index (χ0v) is 10.4. The molecule has 94 valence electrons. The van der Waals surface area contributed by atoms with Crippen molar-refractivity contribution in [3.05, 3.63) is 30.5 Å². The monoisotopic (exact) mass is 243 g/mol. The fourth-order valence-electron chi connectivity index (χ4n) is 2.48. The summed E-state index contributed by atoms with van der Waals surface area (Å²) >= 11 is 0. The zero-order chi connectivity index (χ0) is 12.8. The van der Waals surface area contributed by atoms with Gasteiger partial charge in [0.2, 0.25) is 0 Å². The highest BCUT2D eigenvalue weighted by Gasteiger charge is 2.38. The average molecular weight is 243 g/mol. The van der Waals surface area contributed by atoms with E-state index in [2.05, 4.69) is 16.8 Å². The average Bonchev–Trinajstić information content (AvgIpc) is 2.34. The molecular weight excluding hydrogens is 226 g/mol. The van der Waals surface area contributed by atoms with Gasteiger partial charge in [-0.15, -0.1) is 0 Å². The first-order valence-electron chi connectivity index (χ1n) is 6.23. The van der Waals surface area contributed by atoms with E-state index in [0.29, 0.717) is 0 Å². The van der Waals surface area contributed by atoms with Crippen molar-refractivity contribution in [3.8, 4) is 5.75 Å². The summed E-state index contributed by atoms with van der Waals surface area (Å²) in [6.45, 7) is 3.76. The molecule has 0 saturated carbocycles. The van der Waals surface area contributed by atoms with Crippen LogP contribution in [0.3, 0.4) is 0 Å². The van der Waals surface area contributed by atoms with Crippen LogP contribution in [0.4, 0.5) is 5.82 Å². The van der Waals surface area contributed by atoms with Crippen LogP contribution >= 0.6 is 0 Å². The van der Waals surface area contributed by atoms with Crippen LogP contribution in [0, 0.1) is 0 Å². The maximum atomic E-state index is 9.61. The molecule has 1 aromatic heterocycles. The van der Waals surface area contributed by atoms with E-state index in [0.717, 1.165) is 36.1 Å². The predicted octanol–water partition coefficient (Wildman–Crippen LogP) is 1.87. The molecule has 1 aliphatic heterocycles. The SMILES string of the molecule is CCC1(N)CN(c2nccc3ccc(O)cc23)C1. The summed E-state index contributed by atoms with van der Waals surface area (Å²) in [5.74, 6) is 1.18. The van der Waals surface area contributed by atoms with E-state index in [1.165, 1.54) is 0 Å². The van der Waals surface area contributed by atoms with Crippen molar-refractivity contribution < 1.29 is 5.11 Å². The van der Waals surface area contributed by atoms with Crippen molar-refractivity contribution in [2.45, 2.75) is 18.9 Å². The quantitative estimate of drug-likeness (QED) is 0.845. The Bertz CT molecular complexity index is 591. The molecule has 3 rings (SSSR count). The molecule has 2 aromatic rings. The van der Waals surface area contributed by atoms with Gasteiger partial charge >= 0.3 is 0 Å². The first kappa shape index (κ1) is 11.3. The lowest BCUT2D eigenvalue weighted by molar-refractivity contribution is 0.321. The van der Waals surface area contributed by atoms with Gasteiger partial charge in [0.1, 0.15) is 11.6 Å². The fourth-order valence-corrected chi connectivity index (χ4v) is 2.48. The summed E-state index contributed by atoms with van der Waals surface area (Å²) < 4.78 is 0. The van der Waals surface area contributed by atoms with E-state index in [9.17, 15) is 5.11 Å². The minimum absolute atomic E-state index is 0.0827. The Balaban J connectivity index is 2.00. The minimum atomic E-state index is -0.0827. The molecule has 0 unspecified atom stereocenters. The van der Waals surface area contributed by atoms with Crippen LogP contribution < -0.4 is 10.6 Å². The van der Waals surface area contributed by atoms with Crippen molar-refractivity contribution in [3.63, 3.8) is 0 Å². The summed E-state index contributed by atoms with van der Waals surface area (Å²) in [4.78, 5) is 6.60. The van der Waals surface area contributed by atoms with E-state index >= 15 is 0 Å². The molecule has 1 saturated heterocycles. The van der Waals surface area contributed by atoms with E-state index in [1.807, 2.05) is 12.1 Å². The molecule has 1 aromatic carbocycles. The Morgan fingerprint density at radius 3 is 2.89 bits per heavy atom. The topological polar surface area (TPSA) is 62.4 Å². The molecule has 0 aliphatic carbocycles. The van der Waals surface area contributed by atoms with Crippen molar-refractivity contribution in [1.29, 1.82) is 0 Å². The highest BCUT2D eigenvalue weighted by molar-refractivity contribution is 5.93. The Kier molecular flexibility index (Phi) is 2.41. The number of hydrogen-bond donors (Lipinski definition) is 2. The van der Waals surface area contributed by atoms with Gasteiger partial charge in [-0.1, -0.05) is 13.0 Å². The van der Waals surface area contributed by atoms with Crippen LogP contribution in [0.15, 0.2) is 30.5 Å². The molecule has 0 amide bonds. The molecule has 0 radical (unpaired) electrons.